The molecule has 326 valence electrons. The molecule has 9 aromatic rings. The number of anilines is 2. The molecule has 0 unspecified atom stereocenters. The molecule has 5 heterocycles. The number of carbonyl (C=O) groups is 2. The minimum absolute atomic E-state index is 0.00243. The molecule has 2 aliphatic rings. The first-order chi connectivity index (χ1) is 31.6. The number of nitrogens with one attached hydrogen (secondary N) is 4. The van der Waals surface area contributed by atoms with Crippen molar-refractivity contribution in [1.29, 1.82) is 0 Å². The van der Waals surface area contributed by atoms with Gasteiger partial charge in [-0.2, -0.15) is 0 Å². The first-order valence-electron chi connectivity index (χ1n) is 22.4. The van der Waals surface area contributed by atoms with Gasteiger partial charge in [-0.25, -0.2) is 19.9 Å². The monoisotopic (exact) mass is 861 g/mol. The van der Waals surface area contributed by atoms with Crippen LogP contribution in [0.1, 0.15) is 81.3 Å². The van der Waals surface area contributed by atoms with E-state index in [1.54, 1.807) is 6.20 Å². The van der Waals surface area contributed by atoms with Crippen LogP contribution in [0.15, 0.2) is 110 Å². The average Bonchev–Trinajstić information content (AvgIpc) is 4.23. The summed E-state index contributed by atoms with van der Waals surface area (Å²) in [5.41, 5.74) is 16.4. The molecule has 2 saturated carbocycles. The number of imidazole rings is 2. The van der Waals surface area contributed by atoms with Crippen LogP contribution >= 0.6 is 0 Å². The molecule has 2 amide bonds. The predicted molar refractivity (Wildman–Crippen MR) is 258 cm³/mol. The molecule has 65 heavy (non-hydrogen) atoms. The molecule has 4 N–H and O–H groups in total. The molecule has 5 aromatic heterocycles. The lowest BCUT2D eigenvalue weighted by Crippen LogP contribution is -2.25. The van der Waals surface area contributed by atoms with Gasteiger partial charge in [0.1, 0.15) is 0 Å². The number of rotatable bonds is 11. The minimum Gasteiger partial charge on any atom is -0.367 e. The van der Waals surface area contributed by atoms with Gasteiger partial charge in [-0.15, -0.1) is 0 Å². The summed E-state index contributed by atoms with van der Waals surface area (Å²) in [6.07, 6.45) is 9.85. The molecule has 0 radical (unpaired) electrons. The summed E-state index contributed by atoms with van der Waals surface area (Å²) >= 11 is 0. The van der Waals surface area contributed by atoms with E-state index in [2.05, 4.69) is 98.9 Å². The molecule has 2 aliphatic carbocycles. The van der Waals surface area contributed by atoms with Crippen molar-refractivity contribution in [3.05, 3.63) is 149 Å². The highest BCUT2D eigenvalue weighted by atomic mass is 16.2. The first kappa shape index (κ1) is 41.3. The largest absolute Gasteiger partial charge is 0.367 e. The number of aryl methyl sites for hydroxylation is 4. The number of aromatic nitrogens is 7. The van der Waals surface area contributed by atoms with Crippen molar-refractivity contribution >= 4 is 56.8 Å². The van der Waals surface area contributed by atoms with Gasteiger partial charge < -0.3 is 21.3 Å². The molecule has 13 heteroatoms. The Morgan fingerprint density at radius 2 is 1.05 bits per heavy atom. The quantitative estimate of drug-likeness (QED) is 0.0995. The predicted octanol–water partition coefficient (Wildman–Crippen LogP) is 9.56. The van der Waals surface area contributed by atoms with E-state index in [0.717, 1.165) is 99.6 Å². The third-order valence-corrected chi connectivity index (χ3v) is 12.3. The zero-order chi connectivity index (χ0) is 44.8. The Bertz CT molecular complexity index is 3260. The van der Waals surface area contributed by atoms with Gasteiger partial charge in [0, 0.05) is 47.1 Å². The summed E-state index contributed by atoms with van der Waals surface area (Å²) in [7, 11) is 0. The van der Waals surface area contributed by atoms with Crippen LogP contribution in [0.25, 0.3) is 55.9 Å². The van der Waals surface area contributed by atoms with Crippen molar-refractivity contribution in [2.24, 2.45) is 0 Å². The normalized spacial score (nSPS) is 13.5. The summed E-state index contributed by atoms with van der Waals surface area (Å²) < 4.78 is 4.31. The van der Waals surface area contributed by atoms with E-state index in [1.165, 1.54) is 22.3 Å². The smallest absolute Gasteiger partial charge is 0.251 e. The van der Waals surface area contributed by atoms with Crippen molar-refractivity contribution in [3.8, 4) is 22.5 Å². The van der Waals surface area contributed by atoms with Crippen molar-refractivity contribution in [1.82, 2.24) is 44.4 Å². The van der Waals surface area contributed by atoms with Crippen LogP contribution in [0, 0.1) is 27.7 Å². The fourth-order valence-electron chi connectivity index (χ4n) is 8.04. The lowest BCUT2D eigenvalue weighted by atomic mass is 10.1. The van der Waals surface area contributed by atoms with Gasteiger partial charge >= 0.3 is 0 Å². The van der Waals surface area contributed by atoms with Gasteiger partial charge in [0.05, 0.1) is 58.1 Å². The van der Waals surface area contributed by atoms with Gasteiger partial charge in [0.2, 0.25) is 0 Å². The average molecular weight is 862 g/mol. The number of hydrogen-bond donors (Lipinski definition) is 4. The summed E-state index contributed by atoms with van der Waals surface area (Å²) in [6, 6.07) is 30.6. The molecule has 0 aliphatic heterocycles. The fourth-order valence-corrected chi connectivity index (χ4v) is 8.04. The van der Waals surface area contributed by atoms with Crippen LogP contribution < -0.4 is 21.3 Å². The molecule has 4 aromatic carbocycles. The highest BCUT2D eigenvalue weighted by Gasteiger charge is 2.25. The summed E-state index contributed by atoms with van der Waals surface area (Å²) in [4.78, 5) is 48.3. The molecular weight excluding hydrogens is 811 g/mol. The minimum atomic E-state index is -0.0149. The number of benzene rings is 4. The number of nitrogens with zero attached hydrogens (tertiary/aromatic N) is 7. The highest BCUT2D eigenvalue weighted by Crippen LogP contribution is 2.32. The van der Waals surface area contributed by atoms with Crippen LogP contribution in [-0.4, -0.2) is 64.2 Å². The summed E-state index contributed by atoms with van der Waals surface area (Å²) in [5, 5.41) is 12.9. The SMILES string of the molecule is CCNc1nc2cc(C)c(C)cc2n2c(-c3ccc(C(=O)NC4CC4)cc3)cnc12.Cc1cc2nc(NCc3ccccn3)c3ncc(-c4ccc(C(=O)NC5CC5)cc4)n3c2cc1C. The summed E-state index contributed by atoms with van der Waals surface area (Å²) in [6.45, 7) is 11.8. The zero-order valence-corrected chi connectivity index (χ0v) is 37.2. The van der Waals surface area contributed by atoms with Gasteiger partial charge in [0.15, 0.2) is 22.9 Å². The first-order valence-corrected chi connectivity index (χ1v) is 22.4. The maximum absolute atomic E-state index is 12.4. The Hall–Kier alpha value is -7.67. The second-order valence-electron chi connectivity index (χ2n) is 17.2. The molecule has 11 rings (SSSR count). The van der Waals surface area contributed by atoms with E-state index in [9.17, 15) is 9.59 Å². The van der Waals surface area contributed by atoms with E-state index >= 15 is 0 Å². The van der Waals surface area contributed by atoms with Crippen molar-refractivity contribution in [3.63, 3.8) is 0 Å². The number of carbonyl (C=O) groups excluding carboxylic acids is 2. The topological polar surface area (TPSA) is 156 Å². The second kappa shape index (κ2) is 17.1. The van der Waals surface area contributed by atoms with Crippen LogP contribution in [0.4, 0.5) is 11.6 Å². The molecule has 0 spiro atoms. The zero-order valence-electron chi connectivity index (χ0n) is 37.2. The van der Waals surface area contributed by atoms with Crippen molar-refractivity contribution < 1.29 is 9.59 Å². The van der Waals surface area contributed by atoms with Crippen LogP contribution in [0.5, 0.6) is 0 Å². The van der Waals surface area contributed by atoms with Gasteiger partial charge in [-0.3, -0.25) is 23.4 Å². The number of hydrogen-bond acceptors (Lipinski definition) is 9. The molecule has 0 saturated heterocycles. The van der Waals surface area contributed by atoms with Gasteiger partial charge in [-0.1, -0.05) is 30.3 Å². The van der Waals surface area contributed by atoms with Gasteiger partial charge in [-0.05, 0) is 143 Å². The van der Waals surface area contributed by atoms with Crippen LogP contribution in [0.3, 0.4) is 0 Å². The van der Waals surface area contributed by atoms with Crippen LogP contribution in [0.2, 0.25) is 0 Å². The lowest BCUT2D eigenvalue weighted by Gasteiger charge is -2.13. The molecular formula is C52H51N11O2. The second-order valence-corrected chi connectivity index (χ2v) is 17.2. The number of pyridine rings is 1. The lowest BCUT2D eigenvalue weighted by molar-refractivity contribution is 0.0942. The third-order valence-electron chi connectivity index (χ3n) is 12.3. The maximum atomic E-state index is 12.4. The molecule has 13 nitrogen and oxygen atoms in total. The fraction of sp³-hybridized carbons (Fsp3) is 0.250. The molecule has 0 atom stereocenters. The Morgan fingerprint density at radius 3 is 1.48 bits per heavy atom. The Kier molecular flexibility index (Phi) is 10.9. The highest BCUT2D eigenvalue weighted by molar-refractivity contribution is 5.96. The molecule has 2 fully saturated rings. The van der Waals surface area contributed by atoms with Crippen molar-refractivity contribution in [2.45, 2.75) is 78.9 Å². The van der Waals surface area contributed by atoms with E-state index in [4.69, 9.17) is 15.0 Å². The van der Waals surface area contributed by atoms with E-state index in [0.29, 0.717) is 35.6 Å². The summed E-state index contributed by atoms with van der Waals surface area (Å²) in [5.74, 6) is 1.47. The van der Waals surface area contributed by atoms with E-state index in [-0.39, 0.29) is 11.8 Å². The third kappa shape index (κ3) is 8.44. The van der Waals surface area contributed by atoms with E-state index in [1.807, 2.05) is 79.1 Å². The van der Waals surface area contributed by atoms with Crippen LogP contribution in [-0.2, 0) is 6.54 Å². The van der Waals surface area contributed by atoms with Gasteiger partial charge in [0.25, 0.3) is 11.8 Å². The number of fused-ring (bicyclic) bond motifs is 6. The maximum Gasteiger partial charge on any atom is 0.251 e. The Labute approximate surface area is 376 Å². The standard InChI is InChI=1S/C28H26N6O.C24H25N5O/c1-17-13-23-24(14-18(17)2)34-25(19-6-8-20(9-7-19)28(35)32-21-10-11-21)16-31-27(34)26(33-23)30-15-22-5-3-4-12-29-22;1-4-25-22-23-26-13-21(29(23)20-12-15(3)14(2)11-19(20)28-22)16-5-7-17(8-6-16)24(30)27-18-9-10-18/h3-9,12-14,16,21H,10-11,15H2,1-2H3,(H,30,33)(H,32,35);5-8,11-13,18H,4,9-10H2,1-3H3,(H,25,28)(H,27,30). The molecule has 0 bridgehead atoms. The Balaban J connectivity index is 0.000000155. The van der Waals surface area contributed by atoms with Crippen molar-refractivity contribution in [2.75, 3.05) is 17.2 Å². The Morgan fingerprint density at radius 1 is 0.585 bits per heavy atom. The van der Waals surface area contributed by atoms with E-state index < -0.39 is 0 Å². The number of amides is 2.